The number of fused-ring (bicyclic) bond motifs is 1. The number of halogens is 3. The summed E-state index contributed by atoms with van der Waals surface area (Å²) in [5.41, 5.74) is 1.35. The van der Waals surface area contributed by atoms with Crippen LogP contribution in [0.2, 0.25) is 0 Å². The molecule has 2 heterocycles. The number of urea groups is 1. The zero-order valence-electron chi connectivity index (χ0n) is 15.4. The predicted octanol–water partition coefficient (Wildman–Crippen LogP) is 3.29. The van der Waals surface area contributed by atoms with Crippen LogP contribution < -0.4 is 10.6 Å². The molecule has 0 saturated carbocycles. The lowest BCUT2D eigenvalue weighted by Crippen LogP contribution is -2.45. The zero-order valence-corrected chi connectivity index (χ0v) is 15.4. The van der Waals surface area contributed by atoms with Gasteiger partial charge in [0.1, 0.15) is 12.4 Å². The normalized spacial score (nSPS) is 14.3. The minimum absolute atomic E-state index is 0.0195. The van der Waals surface area contributed by atoms with E-state index in [2.05, 4.69) is 15.6 Å². The van der Waals surface area contributed by atoms with Gasteiger partial charge in [-0.25, -0.2) is 18.0 Å². The highest BCUT2D eigenvalue weighted by Crippen LogP contribution is 2.27. The van der Waals surface area contributed by atoms with Gasteiger partial charge in [0.05, 0.1) is 30.2 Å². The van der Waals surface area contributed by atoms with E-state index in [4.69, 9.17) is 0 Å². The molecule has 0 bridgehead atoms. The maximum absolute atomic E-state index is 14.0. The second-order valence-corrected chi connectivity index (χ2v) is 6.51. The van der Waals surface area contributed by atoms with Crippen LogP contribution >= 0.6 is 0 Å². The average molecular weight is 392 g/mol. The molecule has 0 saturated heterocycles. The molecule has 1 aliphatic heterocycles. The van der Waals surface area contributed by atoms with Gasteiger partial charge in [-0.2, -0.15) is 0 Å². The number of nitrogens with one attached hydrogen (secondary N) is 2. The van der Waals surface area contributed by atoms with E-state index in [1.54, 1.807) is 6.92 Å². The van der Waals surface area contributed by atoms with Crippen molar-refractivity contribution >= 4 is 17.6 Å². The van der Waals surface area contributed by atoms with E-state index in [1.165, 1.54) is 12.1 Å². The van der Waals surface area contributed by atoms with Crippen molar-refractivity contribution in [3.05, 3.63) is 58.7 Å². The molecule has 1 aliphatic rings. The number of benzene rings is 1. The Morgan fingerprint density at radius 3 is 2.82 bits per heavy atom. The number of aryl methyl sites for hydroxylation is 1. The lowest BCUT2D eigenvalue weighted by Gasteiger charge is -2.29. The van der Waals surface area contributed by atoms with Crippen LogP contribution in [0.25, 0.3) is 0 Å². The molecular weight excluding hydrogens is 373 g/mol. The third kappa shape index (κ3) is 3.92. The summed E-state index contributed by atoms with van der Waals surface area (Å²) in [7, 11) is 0. The van der Waals surface area contributed by atoms with E-state index in [-0.39, 0.29) is 24.3 Å². The number of nitrogens with zero attached hydrogens (tertiary/aromatic N) is 2. The first-order chi connectivity index (χ1) is 13.3. The van der Waals surface area contributed by atoms with Crippen LogP contribution in [0.15, 0.2) is 24.4 Å². The lowest BCUT2D eigenvalue weighted by molar-refractivity contribution is -0.122. The first-order valence-corrected chi connectivity index (χ1v) is 8.76. The van der Waals surface area contributed by atoms with Crippen molar-refractivity contribution in [2.45, 2.75) is 32.9 Å². The SMILES string of the molecule is CCc1cc(F)cnc1[C@H](C)NC(=O)CN1Cc2c(ccc(F)c2F)NC1=O. The molecular formula is C19H19F3N4O2. The summed E-state index contributed by atoms with van der Waals surface area (Å²) in [6, 6.07) is 2.46. The number of aromatic nitrogens is 1. The molecule has 9 heteroatoms. The molecule has 0 aliphatic carbocycles. The number of carbonyl (C=O) groups excluding carboxylic acids is 2. The quantitative estimate of drug-likeness (QED) is 0.820. The fourth-order valence-corrected chi connectivity index (χ4v) is 3.14. The minimum Gasteiger partial charge on any atom is -0.346 e. The Hall–Kier alpha value is -3.10. The van der Waals surface area contributed by atoms with Crippen molar-refractivity contribution in [2.75, 3.05) is 11.9 Å². The molecule has 28 heavy (non-hydrogen) atoms. The Balaban J connectivity index is 1.69. The van der Waals surface area contributed by atoms with Crippen LogP contribution in [0.5, 0.6) is 0 Å². The highest BCUT2D eigenvalue weighted by molar-refractivity contribution is 5.94. The topological polar surface area (TPSA) is 74.3 Å². The molecule has 1 aromatic carbocycles. The second-order valence-electron chi connectivity index (χ2n) is 6.51. The van der Waals surface area contributed by atoms with Crippen molar-refractivity contribution in [1.29, 1.82) is 0 Å². The molecule has 1 aromatic heterocycles. The van der Waals surface area contributed by atoms with Crippen molar-refractivity contribution in [3.63, 3.8) is 0 Å². The molecule has 0 unspecified atom stereocenters. The minimum atomic E-state index is -1.06. The summed E-state index contributed by atoms with van der Waals surface area (Å²) in [6.07, 6.45) is 1.61. The maximum Gasteiger partial charge on any atom is 0.322 e. The van der Waals surface area contributed by atoms with Gasteiger partial charge in [0, 0.05) is 5.56 Å². The lowest BCUT2D eigenvalue weighted by atomic mass is 10.1. The summed E-state index contributed by atoms with van der Waals surface area (Å²) >= 11 is 0. The Labute approximate surface area is 159 Å². The number of rotatable bonds is 5. The Morgan fingerprint density at radius 1 is 1.36 bits per heavy atom. The summed E-state index contributed by atoms with van der Waals surface area (Å²) in [6.45, 7) is 2.95. The number of hydrogen-bond donors (Lipinski definition) is 2. The van der Waals surface area contributed by atoms with Crippen molar-refractivity contribution in [2.24, 2.45) is 0 Å². The first kappa shape index (κ1) is 19.7. The van der Waals surface area contributed by atoms with Gasteiger partial charge in [0.15, 0.2) is 11.6 Å². The number of amides is 3. The van der Waals surface area contributed by atoms with Crippen LogP contribution in [0.4, 0.5) is 23.7 Å². The summed E-state index contributed by atoms with van der Waals surface area (Å²) in [5.74, 6) is -3.05. The monoisotopic (exact) mass is 392 g/mol. The van der Waals surface area contributed by atoms with Crippen LogP contribution in [0, 0.1) is 17.5 Å². The summed E-state index contributed by atoms with van der Waals surface area (Å²) < 4.78 is 40.7. The van der Waals surface area contributed by atoms with Gasteiger partial charge in [0.25, 0.3) is 0 Å². The number of anilines is 1. The summed E-state index contributed by atoms with van der Waals surface area (Å²) in [5, 5.41) is 5.13. The molecule has 0 radical (unpaired) electrons. The van der Waals surface area contributed by atoms with E-state index < -0.39 is 35.4 Å². The number of pyridine rings is 1. The van der Waals surface area contributed by atoms with Crippen LogP contribution in [-0.4, -0.2) is 28.4 Å². The van der Waals surface area contributed by atoms with Crippen molar-refractivity contribution in [1.82, 2.24) is 15.2 Å². The highest BCUT2D eigenvalue weighted by Gasteiger charge is 2.28. The number of carbonyl (C=O) groups is 2. The van der Waals surface area contributed by atoms with E-state index in [1.807, 2.05) is 6.92 Å². The number of hydrogen-bond acceptors (Lipinski definition) is 3. The molecule has 1 atom stereocenters. The Bertz CT molecular complexity index is 936. The molecule has 3 amide bonds. The van der Waals surface area contributed by atoms with E-state index >= 15 is 0 Å². The Kier molecular flexibility index (Phi) is 5.53. The first-order valence-electron chi connectivity index (χ1n) is 8.76. The smallest absolute Gasteiger partial charge is 0.322 e. The van der Waals surface area contributed by atoms with Gasteiger partial charge in [-0.1, -0.05) is 6.92 Å². The van der Waals surface area contributed by atoms with E-state index in [0.29, 0.717) is 17.7 Å². The molecule has 6 nitrogen and oxygen atoms in total. The third-order valence-corrected chi connectivity index (χ3v) is 4.54. The molecule has 3 rings (SSSR count). The average Bonchev–Trinajstić information content (AvgIpc) is 2.65. The molecule has 2 N–H and O–H groups in total. The fraction of sp³-hybridized carbons (Fsp3) is 0.316. The van der Waals surface area contributed by atoms with Crippen LogP contribution in [-0.2, 0) is 17.8 Å². The van der Waals surface area contributed by atoms with Gasteiger partial charge in [0.2, 0.25) is 5.91 Å². The Morgan fingerprint density at radius 2 is 2.11 bits per heavy atom. The predicted molar refractivity (Wildman–Crippen MR) is 95.9 cm³/mol. The van der Waals surface area contributed by atoms with Gasteiger partial charge in [-0.3, -0.25) is 9.78 Å². The van der Waals surface area contributed by atoms with Crippen molar-refractivity contribution < 1.29 is 22.8 Å². The fourth-order valence-electron chi connectivity index (χ4n) is 3.14. The van der Waals surface area contributed by atoms with Gasteiger partial charge >= 0.3 is 6.03 Å². The highest BCUT2D eigenvalue weighted by atomic mass is 19.2. The molecule has 148 valence electrons. The van der Waals surface area contributed by atoms with Crippen molar-refractivity contribution in [3.8, 4) is 0 Å². The van der Waals surface area contributed by atoms with Gasteiger partial charge in [-0.15, -0.1) is 0 Å². The van der Waals surface area contributed by atoms with Crippen LogP contribution in [0.1, 0.15) is 36.7 Å². The zero-order chi connectivity index (χ0) is 20.4. The van der Waals surface area contributed by atoms with E-state index in [0.717, 1.165) is 17.2 Å². The maximum atomic E-state index is 14.0. The third-order valence-electron chi connectivity index (χ3n) is 4.54. The summed E-state index contributed by atoms with van der Waals surface area (Å²) in [4.78, 5) is 29.6. The molecule has 0 fully saturated rings. The largest absolute Gasteiger partial charge is 0.346 e. The van der Waals surface area contributed by atoms with Crippen LogP contribution in [0.3, 0.4) is 0 Å². The molecule has 2 aromatic rings. The molecule has 0 spiro atoms. The standard InChI is InChI=1S/C19H19F3N4O2/c1-3-11-6-12(20)7-23-18(11)10(2)24-16(27)9-26-8-13-15(25-19(26)28)5-4-14(21)17(13)22/h4-7,10H,3,8-9H2,1-2H3,(H,24,27)(H,25,28)/t10-/m0/s1. The van der Waals surface area contributed by atoms with Gasteiger partial charge < -0.3 is 15.5 Å². The second kappa shape index (κ2) is 7.87. The van der Waals surface area contributed by atoms with Gasteiger partial charge in [-0.05, 0) is 37.1 Å². The van der Waals surface area contributed by atoms with E-state index in [9.17, 15) is 22.8 Å².